The molecule has 0 aliphatic rings. The predicted octanol–water partition coefficient (Wildman–Crippen LogP) is 2.94. The van der Waals surface area contributed by atoms with Crippen molar-refractivity contribution in [1.29, 1.82) is 0 Å². The zero-order chi connectivity index (χ0) is 8.69. The molecule has 0 spiro atoms. The molecule has 1 heteroatoms. The lowest BCUT2D eigenvalue weighted by Crippen LogP contribution is -2.21. The molecule has 2 N–H and O–H groups in total. The van der Waals surface area contributed by atoms with Crippen molar-refractivity contribution in [2.45, 2.75) is 58.9 Å². The van der Waals surface area contributed by atoms with E-state index in [0.29, 0.717) is 6.04 Å². The van der Waals surface area contributed by atoms with Gasteiger partial charge in [-0.3, -0.25) is 0 Å². The second-order valence-corrected chi connectivity index (χ2v) is 3.89. The molecule has 0 aromatic carbocycles. The van der Waals surface area contributed by atoms with Crippen molar-refractivity contribution in [2.24, 2.45) is 11.7 Å². The molecule has 1 nitrogen and oxygen atoms in total. The minimum Gasteiger partial charge on any atom is -0.328 e. The van der Waals surface area contributed by atoms with Gasteiger partial charge < -0.3 is 5.73 Å². The molecule has 0 heterocycles. The van der Waals surface area contributed by atoms with E-state index in [9.17, 15) is 0 Å². The highest BCUT2D eigenvalue weighted by molar-refractivity contribution is 4.62. The summed E-state index contributed by atoms with van der Waals surface area (Å²) in [5.41, 5.74) is 5.92. The summed E-state index contributed by atoms with van der Waals surface area (Å²) in [6, 6.07) is 0.446. The Kier molecular flexibility index (Phi) is 6.63. The molecular formula is C10H23N. The van der Waals surface area contributed by atoms with Gasteiger partial charge in [0, 0.05) is 6.04 Å². The molecule has 0 fully saturated rings. The first kappa shape index (κ1) is 11.0. The lowest BCUT2D eigenvalue weighted by molar-refractivity contribution is 0.456. The summed E-state index contributed by atoms with van der Waals surface area (Å²) in [5.74, 6) is 0.756. The fourth-order valence-corrected chi connectivity index (χ4v) is 1.38. The predicted molar refractivity (Wildman–Crippen MR) is 51.6 cm³/mol. The minimum absolute atomic E-state index is 0.446. The summed E-state index contributed by atoms with van der Waals surface area (Å²) in [5, 5.41) is 0. The van der Waals surface area contributed by atoms with E-state index in [2.05, 4.69) is 20.8 Å². The van der Waals surface area contributed by atoms with E-state index in [-0.39, 0.29) is 0 Å². The topological polar surface area (TPSA) is 26.0 Å². The molecule has 11 heavy (non-hydrogen) atoms. The SMILES string of the molecule is CCCCC[C@H](N)CC(C)C. The van der Waals surface area contributed by atoms with Gasteiger partial charge in [-0.25, -0.2) is 0 Å². The Morgan fingerprint density at radius 1 is 1.18 bits per heavy atom. The van der Waals surface area contributed by atoms with Crippen LogP contribution >= 0.6 is 0 Å². The van der Waals surface area contributed by atoms with Gasteiger partial charge in [0.1, 0.15) is 0 Å². The molecule has 0 aromatic rings. The fourth-order valence-electron chi connectivity index (χ4n) is 1.38. The number of nitrogens with two attached hydrogens (primary N) is 1. The van der Waals surface area contributed by atoms with Crippen LogP contribution in [-0.2, 0) is 0 Å². The molecule has 0 radical (unpaired) electrons. The molecule has 0 saturated heterocycles. The lowest BCUT2D eigenvalue weighted by Gasteiger charge is -2.12. The Morgan fingerprint density at radius 2 is 1.82 bits per heavy atom. The summed E-state index contributed by atoms with van der Waals surface area (Å²) in [4.78, 5) is 0. The summed E-state index contributed by atoms with van der Waals surface area (Å²) >= 11 is 0. The maximum atomic E-state index is 5.92. The van der Waals surface area contributed by atoms with Crippen LogP contribution in [0.3, 0.4) is 0 Å². The second kappa shape index (κ2) is 6.66. The van der Waals surface area contributed by atoms with Crippen molar-refractivity contribution in [3.63, 3.8) is 0 Å². The van der Waals surface area contributed by atoms with Crippen LogP contribution in [0.15, 0.2) is 0 Å². The Morgan fingerprint density at radius 3 is 2.27 bits per heavy atom. The summed E-state index contributed by atoms with van der Waals surface area (Å²) in [6.07, 6.45) is 6.35. The molecular weight excluding hydrogens is 134 g/mol. The van der Waals surface area contributed by atoms with Crippen molar-refractivity contribution in [2.75, 3.05) is 0 Å². The molecule has 0 saturated carbocycles. The molecule has 0 aromatic heterocycles. The van der Waals surface area contributed by atoms with Crippen molar-refractivity contribution < 1.29 is 0 Å². The third kappa shape index (κ3) is 7.86. The van der Waals surface area contributed by atoms with Gasteiger partial charge >= 0.3 is 0 Å². The number of rotatable bonds is 6. The Labute approximate surface area is 71.4 Å². The fraction of sp³-hybridized carbons (Fsp3) is 1.00. The van der Waals surface area contributed by atoms with E-state index in [4.69, 9.17) is 5.73 Å². The van der Waals surface area contributed by atoms with Crippen LogP contribution in [0.1, 0.15) is 52.9 Å². The van der Waals surface area contributed by atoms with Gasteiger partial charge in [0.05, 0.1) is 0 Å². The highest BCUT2D eigenvalue weighted by Gasteiger charge is 2.03. The first-order valence-electron chi connectivity index (χ1n) is 4.92. The normalized spacial score (nSPS) is 13.9. The third-order valence-corrected chi connectivity index (χ3v) is 1.95. The molecule has 68 valence electrons. The molecule has 0 rings (SSSR count). The van der Waals surface area contributed by atoms with Crippen LogP contribution in [0.2, 0.25) is 0 Å². The first-order valence-corrected chi connectivity index (χ1v) is 4.92. The van der Waals surface area contributed by atoms with E-state index < -0.39 is 0 Å². The molecule has 1 atom stereocenters. The van der Waals surface area contributed by atoms with Crippen molar-refractivity contribution in [1.82, 2.24) is 0 Å². The van der Waals surface area contributed by atoms with Gasteiger partial charge in [0.2, 0.25) is 0 Å². The van der Waals surface area contributed by atoms with Crippen LogP contribution in [0.4, 0.5) is 0 Å². The minimum atomic E-state index is 0.446. The van der Waals surface area contributed by atoms with Gasteiger partial charge in [-0.15, -0.1) is 0 Å². The van der Waals surface area contributed by atoms with E-state index >= 15 is 0 Å². The van der Waals surface area contributed by atoms with Gasteiger partial charge in [-0.2, -0.15) is 0 Å². The summed E-state index contributed by atoms with van der Waals surface area (Å²) in [7, 11) is 0. The van der Waals surface area contributed by atoms with Gasteiger partial charge in [-0.05, 0) is 18.8 Å². The Balaban J connectivity index is 3.15. The van der Waals surface area contributed by atoms with Crippen LogP contribution < -0.4 is 5.73 Å². The number of hydrogen-bond donors (Lipinski definition) is 1. The average molecular weight is 157 g/mol. The highest BCUT2D eigenvalue weighted by atomic mass is 14.6. The smallest absolute Gasteiger partial charge is 0.00412 e. The highest BCUT2D eigenvalue weighted by Crippen LogP contribution is 2.09. The lowest BCUT2D eigenvalue weighted by atomic mass is 9.99. The zero-order valence-corrected chi connectivity index (χ0v) is 8.27. The van der Waals surface area contributed by atoms with Crippen molar-refractivity contribution in [3.05, 3.63) is 0 Å². The zero-order valence-electron chi connectivity index (χ0n) is 8.27. The van der Waals surface area contributed by atoms with Gasteiger partial charge in [0.25, 0.3) is 0 Å². The largest absolute Gasteiger partial charge is 0.328 e. The van der Waals surface area contributed by atoms with E-state index in [1.54, 1.807) is 0 Å². The molecule has 0 aliphatic heterocycles. The third-order valence-electron chi connectivity index (χ3n) is 1.95. The second-order valence-electron chi connectivity index (χ2n) is 3.89. The van der Waals surface area contributed by atoms with Crippen molar-refractivity contribution in [3.8, 4) is 0 Å². The average Bonchev–Trinajstić information content (AvgIpc) is 1.86. The first-order chi connectivity index (χ1) is 5.16. The molecule has 0 bridgehead atoms. The maximum Gasteiger partial charge on any atom is 0.00412 e. The molecule has 0 aliphatic carbocycles. The van der Waals surface area contributed by atoms with E-state index in [1.807, 2.05) is 0 Å². The van der Waals surface area contributed by atoms with E-state index in [0.717, 1.165) is 5.92 Å². The van der Waals surface area contributed by atoms with Gasteiger partial charge in [-0.1, -0.05) is 40.0 Å². The number of hydrogen-bond acceptors (Lipinski definition) is 1. The monoisotopic (exact) mass is 157 g/mol. The standard InChI is InChI=1S/C10H23N/c1-4-5-6-7-10(11)8-9(2)3/h9-10H,4-8,11H2,1-3H3/t10-/m0/s1. The summed E-state index contributed by atoms with van der Waals surface area (Å²) < 4.78 is 0. The van der Waals surface area contributed by atoms with Crippen molar-refractivity contribution >= 4 is 0 Å². The van der Waals surface area contributed by atoms with Crippen LogP contribution in [0.5, 0.6) is 0 Å². The van der Waals surface area contributed by atoms with Crippen LogP contribution in [-0.4, -0.2) is 6.04 Å². The molecule has 0 unspecified atom stereocenters. The van der Waals surface area contributed by atoms with Crippen LogP contribution in [0, 0.1) is 5.92 Å². The van der Waals surface area contributed by atoms with Gasteiger partial charge in [0.15, 0.2) is 0 Å². The van der Waals surface area contributed by atoms with Crippen LogP contribution in [0.25, 0.3) is 0 Å². The maximum absolute atomic E-state index is 5.92. The quantitative estimate of drug-likeness (QED) is 0.589. The molecule has 0 amide bonds. The summed E-state index contributed by atoms with van der Waals surface area (Å²) in [6.45, 7) is 6.70. The Hall–Kier alpha value is -0.0400. The Bertz CT molecular complexity index is 78.9. The number of unbranched alkanes of at least 4 members (excludes halogenated alkanes) is 2. The van der Waals surface area contributed by atoms with E-state index in [1.165, 1.54) is 32.1 Å².